The normalized spacial score (nSPS) is 15.2. The number of thiazole rings is 1. The summed E-state index contributed by atoms with van der Waals surface area (Å²) in [6.45, 7) is 10.0. The Balaban J connectivity index is 1.61. The first kappa shape index (κ1) is 29.5. The number of nitrogens with zero attached hydrogens (tertiary/aromatic N) is 3. The molecule has 0 saturated heterocycles. The summed E-state index contributed by atoms with van der Waals surface area (Å²) in [6, 6.07) is 12.3. The molecule has 1 aromatic carbocycles. The van der Waals surface area contributed by atoms with Gasteiger partial charge in [-0.05, 0) is 61.2 Å². The highest BCUT2D eigenvalue weighted by atomic mass is 32.2. The number of furan rings is 1. The lowest BCUT2D eigenvalue weighted by Crippen LogP contribution is -2.40. The largest absolute Gasteiger partial charge is 0.463 e. The van der Waals surface area contributed by atoms with Gasteiger partial charge in [-0.15, -0.1) is 0 Å². The Morgan fingerprint density at radius 2 is 1.95 bits per heavy atom. The smallest absolute Gasteiger partial charge is 0.338 e. The molecule has 11 heteroatoms. The molecule has 1 aliphatic heterocycles. The van der Waals surface area contributed by atoms with Crippen LogP contribution in [-0.4, -0.2) is 27.1 Å². The van der Waals surface area contributed by atoms with Gasteiger partial charge in [0.05, 0.1) is 28.5 Å². The van der Waals surface area contributed by atoms with Crippen LogP contribution in [0.2, 0.25) is 0 Å². The number of hydrogen-bond donors (Lipinski definition) is 1. The Kier molecular flexibility index (Phi) is 8.79. The second-order valence-corrected chi connectivity index (χ2v) is 12.2. The molecule has 1 atom stereocenters. The number of esters is 1. The van der Waals surface area contributed by atoms with Crippen molar-refractivity contribution in [1.29, 1.82) is 0 Å². The first-order valence-corrected chi connectivity index (χ1v) is 15.5. The number of nitrogens with one attached hydrogen (secondary N) is 1. The fraction of sp³-hybridized carbons (Fsp3) is 0.323. The zero-order valence-electron chi connectivity index (χ0n) is 24.1. The monoisotopic (exact) mass is 604 g/mol. The summed E-state index contributed by atoms with van der Waals surface area (Å²) >= 11 is 2.44. The summed E-state index contributed by atoms with van der Waals surface area (Å²) in [6.07, 6.45) is 3.03. The maximum absolute atomic E-state index is 14.0. The minimum atomic E-state index is -0.669. The minimum Gasteiger partial charge on any atom is -0.463 e. The van der Waals surface area contributed by atoms with Crippen LogP contribution < -0.4 is 20.5 Å². The van der Waals surface area contributed by atoms with Gasteiger partial charge >= 0.3 is 5.97 Å². The number of aryl methyl sites for hydroxylation is 1. The first-order valence-electron chi connectivity index (χ1n) is 13.9. The number of carbonyl (C=O) groups excluding carboxylic acids is 1. The van der Waals surface area contributed by atoms with Crippen molar-refractivity contribution in [1.82, 2.24) is 14.5 Å². The van der Waals surface area contributed by atoms with Gasteiger partial charge in [-0.25, -0.2) is 14.8 Å². The maximum Gasteiger partial charge on any atom is 0.338 e. The van der Waals surface area contributed by atoms with Crippen LogP contribution in [-0.2, 0) is 9.53 Å². The van der Waals surface area contributed by atoms with E-state index in [0.29, 0.717) is 54.6 Å². The van der Waals surface area contributed by atoms with Crippen molar-refractivity contribution >= 4 is 35.1 Å². The molecule has 0 radical (unpaired) electrons. The molecular formula is C31H32N4O5S2. The van der Waals surface area contributed by atoms with Crippen LogP contribution in [0.1, 0.15) is 75.1 Å². The fourth-order valence-corrected chi connectivity index (χ4v) is 6.60. The van der Waals surface area contributed by atoms with E-state index in [0.717, 1.165) is 17.5 Å². The molecule has 1 aliphatic rings. The molecule has 0 spiro atoms. The van der Waals surface area contributed by atoms with Crippen LogP contribution in [0.5, 0.6) is 0 Å². The van der Waals surface area contributed by atoms with Gasteiger partial charge in [-0.2, -0.15) is 0 Å². The maximum atomic E-state index is 14.0. The van der Waals surface area contributed by atoms with Gasteiger partial charge < -0.3 is 14.1 Å². The molecule has 4 heterocycles. The number of carbonyl (C=O) groups is 1. The number of ether oxygens (including phenoxy) is 1. The van der Waals surface area contributed by atoms with Crippen molar-refractivity contribution < 1.29 is 13.9 Å². The second-order valence-electron chi connectivity index (χ2n) is 10.2. The predicted molar refractivity (Wildman–Crippen MR) is 163 cm³/mol. The van der Waals surface area contributed by atoms with E-state index < -0.39 is 12.0 Å². The van der Waals surface area contributed by atoms with E-state index in [1.165, 1.54) is 29.2 Å². The van der Waals surface area contributed by atoms with Crippen LogP contribution in [0, 0.1) is 6.92 Å². The first-order chi connectivity index (χ1) is 20.2. The van der Waals surface area contributed by atoms with E-state index >= 15 is 0 Å². The number of hydrogen-bond acceptors (Lipinski definition) is 9. The van der Waals surface area contributed by atoms with Crippen LogP contribution in [0.25, 0.3) is 6.08 Å². The van der Waals surface area contributed by atoms with Crippen LogP contribution in [0.15, 0.2) is 83.0 Å². The molecule has 5 rings (SSSR count). The Labute approximate surface area is 250 Å². The van der Waals surface area contributed by atoms with Crippen molar-refractivity contribution in [3.63, 3.8) is 0 Å². The van der Waals surface area contributed by atoms with Crippen molar-refractivity contribution in [2.75, 3.05) is 6.61 Å². The average molecular weight is 605 g/mol. The van der Waals surface area contributed by atoms with Crippen LogP contribution in [0.3, 0.4) is 0 Å². The Bertz CT molecular complexity index is 1890. The molecule has 1 N–H and O–H groups in total. The molecule has 0 amide bonds. The number of H-pyrrole nitrogens is 1. The Morgan fingerprint density at radius 3 is 2.62 bits per heavy atom. The topological polar surface area (TPSA) is 120 Å². The molecule has 3 aromatic heterocycles. The fourth-order valence-electron chi connectivity index (χ4n) is 4.79. The standard InChI is InChI=1S/C31H32N4O5S2/c1-6-8-22-26(29(38)39-7-2)27(20-11-9-19(10-12-20)17(3)4)35-28(37)23(41-31(35)33-22)16-21-13-14-25(40-21)42-30-32-18(5)15-24(36)34-30/h9-17,27H,6-8H2,1-5H3,(H,32,34,36)/b23-16+/t27-/m1/s1. The molecule has 0 fully saturated rings. The molecule has 218 valence electrons. The number of fused-ring (bicyclic) bond motifs is 1. The summed E-state index contributed by atoms with van der Waals surface area (Å²) in [5.41, 5.74) is 3.10. The molecular weight excluding hydrogens is 572 g/mol. The Hall–Kier alpha value is -3.96. The number of aromatic amines is 1. The summed E-state index contributed by atoms with van der Waals surface area (Å²) in [5, 5.41) is 0.930. The average Bonchev–Trinajstić information content (AvgIpc) is 3.50. The third-order valence-corrected chi connectivity index (χ3v) is 8.52. The van der Waals surface area contributed by atoms with E-state index in [1.807, 2.05) is 31.2 Å². The van der Waals surface area contributed by atoms with E-state index in [2.05, 4.69) is 23.8 Å². The predicted octanol–water partition coefficient (Wildman–Crippen LogP) is 4.84. The lowest BCUT2D eigenvalue weighted by atomic mass is 9.92. The number of benzene rings is 1. The van der Waals surface area contributed by atoms with Gasteiger partial charge in [0.1, 0.15) is 5.76 Å². The lowest BCUT2D eigenvalue weighted by Gasteiger charge is -2.26. The third-order valence-electron chi connectivity index (χ3n) is 6.73. The van der Waals surface area contributed by atoms with Crippen molar-refractivity contribution in [2.24, 2.45) is 4.99 Å². The molecule has 0 bridgehead atoms. The van der Waals surface area contributed by atoms with Gasteiger partial charge in [0, 0.05) is 17.8 Å². The molecule has 9 nitrogen and oxygen atoms in total. The van der Waals surface area contributed by atoms with E-state index in [4.69, 9.17) is 14.1 Å². The van der Waals surface area contributed by atoms with Crippen molar-refractivity contribution in [2.45, 2.75) is 69.7 Å². The van der Waals surface area contributed by atoms with Crippen LogP contribution >= 0.6 is 23.1 Å². The Morgan fingerprint density at radius 1 is 1.19 bits per heavy atom. The van der Waals surface area contributed by atoms with Gasteiger partial charge in [0.2, 0.25) is 0 Å². The van der Waals surface area contributed by atoms with Gasteiger partial charge in [0.15, 0.2) is 15.1 Å². The highest BCUT2D eigenvalue weighted by Crippen LogP contribution is 2.33. The summed E-state index contributed by atoms with van der Waals surface area (Å²) in [4.78, 5) is 51.4. The van der Waals surface area contributed by atoms with Crippen molar-refractivity contribution in [3.05, 3.63) is 106 Å². The third kappa shape index (κ3) is 6.12. The molecule has 0 saturated carbocycles. The molecule has 4 aromatic rings. The number of aromatic nitrogens is 3. The quantitative estimate of drug-likeness (QED) is 0.215. The zero-order chi connectivity index (χ0) is 30.0. The molecule has 42 heavy (non-hydrogen) atoms. The van der Waals surface area contributed by atoms with Crippen LogP contribution in [0.4, 0.5) is 0 Å². The summed E-state index contributed by atoms with van der Waals surface area (Å²) < 4.78 is 13.4. The van der Waals surface area contributed by atoms with E-state index in [1.54, 1.807) is 36.6 Å². The zero-order valence-corrected chi connectivity index (χ0v) is 25.7. The highest BCUT2D eigenvalue weighted by molar-refractivity contribution is 7.99. The van der Waals surface area contributed by atoms with Gasteiger partial charge in [-0.1, -0.05) is 62.8 Å². The summed E-state index contributed by atoms with van der Waals surface area (Å²) in [5.74, 6) is 0.344. The lowest BCUT2D eigenvalue weighted by molar-refractivity contribution is -0.139. The highest BCUT2D eigenvalue weighted by Gasteiger charge is 2.34. The summed E-state index contributed by atoms with van der Waals surface area (Å²) in [7, 11) is 0. The van der Waals surface area contributed by atoms with Crippen molar-refractivity contribution in [3.8, 4) is 0 Å². The number of rotatable bonds is 9. The van der Waals surface area contributed by atoms with E-state index in [9.17, 15) is 14.4 Å². The van der Waals surface area contributed by atoms with E-state index in [-0.39, 0.29) is 17.7 Å². The second kappa shape index (κ2) is 12.5. The molecule has 0 unspecified atom stereocenters. The minimum absolute atomic E-state index is 0.218. The molecule has 0 aliphatic carbocycles. The van der Waals surface area contributed by atoms with Gasteiger partial charge in [0.25, 0.3) is 11.1 Å². The SMILES string of the molecule is CCCC1=C(C(=O)OCC)[C@@H](c2ccc(C(C)C)cc2)n2c(s/c(=C/c3ccc(Sc4nc(C)cc(=O)[nH]4)o3)c2=O)=N1. The van der Waals surface area contributed by atoms with Gasteiger partial charge in [-0.3, -0.25) is 14.2 Å². The number of allylic oxidation sites excluding steroid dienone is 1.